The monoisotopic (exact) mass is 430 g/mol. The Balaban J connectivity index is 1.43. The molecule has 1 aliphatic heterocycles. The number of hydrogen-bond donors (Lipinski definition) is 0. The van der Waals surface area contributed by atoms with E-state index >= 15 is 0 Å². The van der Waals surface area contributed by atoms with Crippen molar-refractivity contribution < 1.29 is 9.59 Å². The third-order valence-electron chi connectivity index (χ3n) is 5.64. The number of nitrogens with zero attached hydrogens (tertiary/aromatic N) is 4. The van der Waals surface area contributed by atoms with Crippen LogP contribution in [0.5, 0.6) is 0 Å². The van der Waals surface area contributed by atoms with Crippen LogP contribution in [0.25, 0.3) is 5.69 Å². The van der Waals surface area contributed by atoms with Gasteiger partial charge in [-0.25, -0.2) is 4.68 Å². The van der Waals surface area contributed by atoms with Gasteiger partial charge in [-0.05, 0) is 44.0 Å². The van der Waals surface area contributed by atoms with E-state index in [2.05, 4.69) is 21.0 Å². The van der Waals surface area contributed by atoms with Crippen molar-refractivity contribution in [3.63, 3.8) is 0 Å². The van der Waals surface area contributed by atoms with Crippen molar-refractivity contribution in [2.75, 3.05) is 26.2 Å². The molecule has 7 heteroatoms. The average Bonchev–Trinajstić information content (AvgIpc) is 3.02. The molecule has 0 spiro atoms. The molecule has 2 amide bonds. The number of carbonyl (C=O) groups excluding carboxylic acids is 2. The van der Waals surface area contributed by atoms with E-state index in [1.165, 1.54) is 0 Å². The van der Waals surface area contributed by atoms with Crippen molar-refractivity contribution >= 4 is 27.7 Å². The summed E-state index contributed by atoms with van der Waals surface area (Å²) in [5.41, 5.74) is 2.37. The van der Waals surface area contributed by atoms with Gasteiger partial charge in [-0.1, -0.05) is 22.4 Å². The normalized spacial score (nSPS) is 17.7. The molecule has 1 aromatic heterocycles. The molecule has 0 N–H and O–H groups in total. The molecule has 1 aliphatic carbocycles. The molecule has 0 atom stereocenters. The highest BCUT2D eigenvalue weighted by molar-refractivity contribution is 9.10. The number of benzene rings is 1. The third-order valence-corrected chi connectivity index (χ3v) is 6.17. The molecule has 4 rings (SSSR count). The minimum absolute atomic E-state index is 0.00777. The fraction of sp³-hybridized carbons (Fsp3) is 0.450. The number of rotatable bonds is 3. The van der Waals surface area contributed by atoms with Crippen LogP contribution in [-0.4, -0.2) is 57.6 Å². The predicted molar refractivity (Wildman–Crippen MR) is 106 cm³/mol. The first kappa shape index (κ1) is 18.2. The molecule has 27 heavy (non-hydrogen) atoms. The Hall–Kier alpha value is -2.15. The summed E-state index contributed by atoms with van der Waals surface area (Å²) >= 11 is 3.43. The summed E-state index contributed by atoms with van der Waals surface area (Å²) in [5, 5.41) is 4.41. The molecule has 0 radical (unpaired) electrons. The fourth-order valence-electron chi connectivity index (χ4n) is 3.68. The lowest BCUT2D eigenvalue weighted by Gasteiger charge is -2.38. The smallest absolute Gasteiger partial charge is 0.257 e. The fourth-order valence-corrected chi connectivity index (χ4v) is 3.94. The van der Waals surface area contributed by atoms with E-state index in [1.54, 1.807) is 10.9 Å². The van der Waals surface area contributed by atoms with Crippen molar-refractivity contribution in [3.8, 4) is 5.69 Å². The van der Waals surface area contributed by atoms with Crippen LogP contribution in [0, 0.1) is 12.8 Å². The van der Waals surface area contributed by atoms with Crippen LogP contribution < -0.4 is 0 Å². The molecule has 0 bridgehead atoms. The zero-order valence-corrected chi connectivity index (χ0v) is 17.0. The van der Waals surface area contributed by atoms with Crippen LogP contribution in [0.4, 0.5) is 0 Å². The van der Waals surface area contributed by atoms with Crippen LogP contribution in [0.3, 0.4) is 0 Å². The number of halogens is 1. The van der Waals surface area contributed by atoms with Gasteiger partial charge < -0.3 is 9.80 Å². The van der Waals surface area contributed by atoms with E-state index in [0.717, 1.165) is 35.1 Å². The number of carbonyl (C=O) groups is 2. The SMILES string of the molecule is Cc1c(C(=O)N2CCN(C(=O)C3CCC3)CC2)cnn1-c1ccc(Br)cc1. The molecule has 2 aromatic rings. The van der Waals surface area contributed by atoms with Crippen LogP contribution >= 0.6 is 15.9 Å². The van der Waals surface area contributed by atoms with Crippen molar-refractivity contribution in [2.45, 2.75) is 26.2 Å². The minimum atomic E-state index is -0.00777. The van der Waals surface area contributed by atoms with Crippen molar-refractivity contribution in [1.29, 1.82) is 0 Å². The highest BCUT2D eigenvalue weighted by atomic mass is 79.9. The maximum atomic E-state index is 13.0. The van der Waals surface area contributed by atoms with E-state index < -0.39 is 0 Å². The second-order valence-electron chi connectivity index (χ2n) is 7.28. The Morgan fingerprint density at radius 3 is 2.26 bits per heavy atom. The summed E-state index contributed by atoms with van der Waals surface area (Å²) in [6.07, 6.45) is 4.85. The van der Waals surface area contributed by atoms with Crippen molar-refractivity contribution in [2.24, 2.45) is 5.92 Å². The topological polar surface area (TPSA) is 58.4 Å². The first-order chi connectivity index (χ1) is 13.0. The maximum Gasteiger partial charge on any atom is 0.257 e. The highest BCUT2D eigenvalue weighted by Gasteiger charge is 2.32. The molecule has 1 aromatic carbocycles. The van der Waals surface area contributed by atoms with Gasteiger partial charge in [0.25, 0.3) is 5.91 Å². The van der Waals surface area contributed by atoms with E-state index in [-0.39, 0.29) is 17.7 Å². The molecule has 2 fully saturated rings. The average molecular weight is 431 g/mol. The van der Waals surface area contributed by atoms with E-state index in [1.807, 2.05) is 41.0 Å². The van der Waals surface area contributed by atoms with Gasteiger partial charge in [0.15, 0.2) is 0 Å². The van der Waals surface area contributed by atoms with Gasteiger partial charge in [-0.3, -0.25) is 9.59 Å². The van der Waals surface area contributed by atoms with Crippen LogP contribution in [0.15, 0.2) is 34.9 Å². The lowest BCUT2D eigenvalue weighted by molar-refractivity contribution is -0.139. The lowest BCUT2D eigenvalue weighted by Crippen LogP contribution is -2.52. The van der Waals surface area contributed by atoms with Gasteiger partial charge in [-0.2, -0.15) is 5.10 Å². The van der Waals surface area contributed by atoms with Gasteiger partial charge in [0.05, 0.1) is 23.1 Å². The van der Waals surface area contributed by atoms with E-state index in [0.29, 0.717) is 31.7 Å². The van der Waals surface area contributed by atoms with Crippen molar-refractivity contribution in [1.82, 2.24) is 19.6 Å². The quantitative estimate of drug-likeness (QED) is 0.751. The number of amides is 2. The standard InChI is InChI=1S/C20H23BrN4O2/c1-14-18(13-22-25(14)17-7-5-16(21)6-8-17)20(27)24-11-9-23(10-12-24)19(26)15-3-2-4-15/h5-8,13,15H,2-4,9-12H2,1H3. The van der Waals surface area contributed by atoms with Crippen LogP contribution in [0.2, 0.25) is 0 Å². The van der Waals surface area contributed by atoms with E-state index in [9.17, 15) is 9.59 Å². The Bertz CT molecular complexity index is 849. The van der Waals surface area contributed by atoms with E-state index in [4.69, 9.17) is 0 Å². The molecule has 0 unspecified atom stereocenters. The van der Waals surface area contributed by atoms with Gasteiger partial charge in [0, 0.05) is 36.6 Å². The Morgan fingerprint density at radius 1 is 1.04 bits per heavy atom. The van der Waals surface area contributed by atoms with Crippen LogP contribution in [0.1, 0.15) is 35.3 Å². The molecular formula is C20H23BrN4O2. The van der Waals surface area contributed by atoms with Crippen LogP contribution in [-0.2, 0) is 4.79 Å². The molecule has 2 aliphatic rings. The summed E-state index contributed by atoms with van der Waals surface area (Å²) in [6, 6.07) is 7.83. The lowest BCUT2D eigenvalue weighted by atomic mass is 9.84. The molecular weight excluding hydrogens is 408 g/mol. The molecule has 6 nitrogen and oxygen atoms in total. The van der Waals surface area contributed by atoms with Gasteiger partial charge in [0.1, 0.15) is 0 Å². The largest absolute Gasteiger partial charge is 0.339 e. The summed E-state index contributed by atoms with van der Waals surface area (Å²) < 4.78 is 2.79. The molecule has 2 heterocycles. The van der Waals surface area contributed by atoms with Gasteiger partial charge in [-0.15, -0.1) is 0 Å². The first-order valence-electron chi connectivity index (χ1n) is 9.43. The first-order valence-corrected chi connectivity index (χ1v) is 10.2. The Labute approximate surface area is 167 Å². The number of aromatic nitrogens is 2. The third kappa shape index (κ3) is 3.52. The highest BCUT2D eigenvalue weighted by Crippen LogP contribution is 2.28. The summed E-state index contributed by atoms with van der Waals surface area (Å²) in [4.78, 5) is 29.1. The zero-order chi connectivity index (χ0) is 19.0. The Morgan fingerprint density at radius 2 is 1.67 bits per heavy atom. The van der Waals surface area contributed by atoms with Gasteiger partial charge >= 0.3 is 0 Å². The summed E-state index contributed by atoms with van der Waals surface area (Å²) in [6.45, 7) is 4.33. The van der Waals surface area contributed by atoms with Gasteiger partial charge in [0.2, 0.25) is 5.91 Å². The number of piperazine rings is 1. The summed E-state index contributed by atoms with van der Waals surface area (Å²) in [7, 11) is 0. The van der Waals surface area contributed by atoms with Crippen molar-refractivity contribution in [3.05, 3.63) is 46.2 Å². The second kappa shape index (κ2) is 7.46. The zero-order valence-electron chi connectivity index (χ0n) is 15.4. The molecule has 142 valence electrons. The molecule has 1 saturated carbocycles. The second-order valence-corrected chi connectivity index (χ2v) is 8.19. The minimum Gasteiger partial charge on any atom is -0.339 e. The number of hydrogen-bond acceptors (Lipinski definition) is 3. The predicted octanol–water partition coefficient (Wildman–Crippen LogP) is 3.03. The summed E-state index contributed by atoms with van der Waals surface area (Å²) in [5.74, 6) is 0.484. The molecule has 1 saturated heterocycles. The Kier molecular flexibility index (Phi) is 5.04. The maximum absolute atomic E-state index is 13.0.